The zero-order valence-electron chi connectivity index (χ0n) is 13.3. The van der Waals surface area contributed by atoms with Crippen LogP contribution in [-0.4, -0.2) is 34.9 Å². The molecule has 2 amide bonds. The molecule has 0 spiro atoms. The van der Waals surface area contributed by atoms with Crippen molar-refractivity contribution in [2.75, 3.05) is 0 Å². The Labute approximate surface area is 126 Å². The SMILES string of the molecule is CC(C)N(C(=O)[C@@H](C)Oc1ccccc1C(N)=O)C(C)C. The topological polar surface area (TPSA) is 72.6 Å². The lowest BCUT2D eigenvalue weighted by molar-refractivity contribution is -0.141. The number of nitrogens with zero attached hydrogens (tertiary/aromatic N) is 1. The van der Waals surface area contributed by atoms with Gasteiger partial charge in [-0.25, -0.2) is 0 Å². The van der Waals surface area contributed by atoms with E-state index in [9.17, 15) is 9.59 Å². The summed E-state index contributed by atoms with van der Waals surface area (Å²) in [6.07, 6.45) is -0.685. The van der Waals surface area contributed by atoms with Crippen LogP contribution in [0, 0.1) is 0 Å². The van der Waals surface area contributed by atoms with Gasteiger partial charge < -0.3 is 15.4 Å². The molecule has 5 heteroatoms. The number of benzene rings is 1. The minimum atomic E-state index is -0.685. The maximum Gasteiger partial charge on any atom is 0.263 e. The molecule has 0 radical (unpaired) electrons. The zero-order chi connectivity index (χ0) is 16.2. The molecule has 2 N–H and O–H groups in total. The smallest absolute Gasteiger partial charge is 0.263 e. The quantitative estimate of drug-likeness (QED) is 0.873. The summed E-state index contributed by atoms with van der Waals surface area (Å²) in [5, 5.41) is 0. The van der Waals surface area contributed by atoms with Crippen molar-refractivity contribution in [2.45, 2.75) is 52.8 Å². The van der Waals surface area contributed by atoms with Crippen LogP contribution in [0.25, 0.3) is 0 Å². The fraction of sp³-hybridized carbons (Fsp3) is 0.500. The standard InChI is InChI=1S/C16H24N2O3/c1-10(2)18(11(3)4)16(20)12(5)21-14-9-7-6-8-13(14)15(17)19/h6-12H,1-5H3,(H2,17,19)/t12-/m1/s1. The first-order valence-electron chi connectivity index (χ1n) is 7.13. The number of rotatable bonds is 6. The van der Waals surface area contributed by atoms with Gasteiger partial charge in [-0.3, -0.25) is 9.59 Å². The molecule has 1 aromatic rings. The summed E-state index contributed by atoms with van der Waals surface area (Å²) in [5.74, 6) is -0.354. The molecule has 0 bridgehead atoms. The third-order valence-corrected chi connectivity index (χ3v) is 3.17. The van der Waals surface area contributed by atoms with Crippen molar-refractivity contribution in [1.82, 2.24) is 4.90 Å². The Morgan fingerprint density at radius 2 is 1.57 bits per heavy atom. The van der Waals surface area contributed by atoms with Crippen molar-refractivity contribution in [3.8, 4) is 5.75 Å². The van der Waals surface area contributed by atoms with Crippen molar-refractivity contribution in [2.24, 2.45) is 5.73 Å². The molecule has 0 aliphatic carbocycles. The van der Waals surface area contributed by atoms with Crippen LogP contribution in [0.15, 0.2) is 24.3 Å². The molecule has 0 aliphatic rings. The second-order valence-corrected chi connectivity index (χ2v) is 5.55. The molecule has 0 unspecified atom stereocenters. The Balaban J connectivity index is 2.93. The predicted molar refractivity (Wildman–Crippen MR) is 82.2 cm³/mol. The number of amides is 2. The molecular weight excluding hydrogens is 268 g/mol. The van der Waals surface area contributed by atoms with Crippen molar-refractivity contribution in [3.05, 3.63) is 29.8 Å². The Morgan fingerprint density at radius 3 is 2.05 bits per heavy atom. The maximum atomic E-state index is 12.5. The maximum absolute atomic E-state index is 12.5. The molecule has 0 aliphatic heterocycles. The van der Waals surface area contributed by atoms with Crippen LogP contribution >= 0.6 is 0 Å². The Bertz CT molecular complexity index is 504. The van der Waals surface area contributed by atoms with Gasteiger partial charge >= 0.3 is 0 Å². The molecule has 116 valence electrons. The largest absolute Gasteiger partial charge is 0.480 e. The number of carbonyl (C=O) groups excluding carboxylic acids is 2. The second-order valence-electron chi connectivity index (χ2n) is 5.55. The number of hydrogen-bond donors (Lipinski definition) is 1. The van der Waals surface area contributed by atoms with E-state index in [0.717, 1.165) is 0 Å². The molecular formula is C16H24N2O3. The summed E-state index contributed by atoms with van der Waals surface area (Å²) in [5.41, 5.74) is 5.58. The van der Waals surface area contributed by atoms with E-state index in [0.29, 0.717) is 5.75 Å². The van der Waals surface area contributed by atoms with Gasteiger partial charge in [0, 0.05) is 12.1 Å². The summed E-state index contributed by atoms with van der Waals surface area (Å²) >= 11 is 0. The summed E-state index contributed by atoms with van der Waals surface area (Å²) in [6.45, 7) is 9.52. The van der Waals surface area contributed by atoms with E-state index >= 15 is 0 Å². The van der Waals surface area contributed by atoms with E-state index in [1.807, 2.05) is 27.7 Å². The van der Waals surface area contributed by atoms with Crippen LogP contribution in [0.1, 0.15) is 45.0 Å². The summed E-state index contributed by atoms with van der Waals surface area (Å²) in [6, 6.07) is 6.82. The molecule has 0 aromatic heterocycles. The molecule has 1 aromatic carbocycles. The van der Waals surface area contributed by atoms with Crippen LogP contribution in [0.3, 0.4) is 0 Å². The first kappa shape index (κ1) is 17.0. The van der Waals surface area contributed by atoms with Gasteiger partial charge in [0.25, 0.3) is 11.8 Å². The van der Waals surface area contributed by atoms with Crippen LogP contribution < -0.4 is 10.5 Å². The highest BCUT2D eigenvalue weighted by atomic mass is 16.5. The van der Waals surface area contributed by atoms with Gasteiger partial charge in [-0.1, -0.05) is 12.1 Å². The average molecular weight is 292 g/mol. The van der Waals surface area contributed by atoms with Crippen LogP contribution in [-0.2, 0) is 4.79 Å². The fourth-order valence-corrected chi connectivity index (χ4v) is 2.33. The fourth-order valence-electron chi connectivity index (χ4n) is 2.33. The molecule has 1 rings (SSSR count). The van der Waals surface area contributed by atoms with E-state index in [1.54, 1.807) is 36.1 Å². The van der Waals surface area contributed by atoms with E-state index in [2.05, 4.69) is 0 Å². The summed E-state index contributed by atoms with van der Waals surface area (Å²) in [7, 11) is 0. The monoisotopic (exact) mass is 292 g/mol. The molecule has 0 saturated carbocycles. The summed E-state index contributed by atoms with van der Waals surface area (Å²) in [4.78, 5) is 25.6. The van der Waals surface area contributed by atoms with Crippen molar-refractivity contribution in [1.29, 1.82) is 0 Å². The lowest BCUT2D eigenvalue weighted by Gasteiger charge is -2.33. The Morgan fingerprint density at radius 1 is 1.05 bits per heavy atom. The average Bonchev–Trinajstić information content (AvgIpc) is 2.37. The van der Waals surface area contributed by atoms with Gasteiger partial charge in [0.15, 0.2) is 6.10 Å². The third-order valence-electron chi connectivity index (χ3n) is 3.17. The minimum Gasteiger partial charge on any atom is -0.480 e. The highest BCUT2D eigenvalue weighted by molar-refractivity contribution is 5.95. The van der Waals surface area contributed by atoms with Gasteiger partial charge in [-0.05, 0) is 46.8 Å². The Kier molecular flexibility index (Phi) is 5.76. The molecule has 0 saturated heterocycles. The Hall–Kier alpha value is -2.04. The van der Waals surface area contributed by atoms with Gasteiger partial charge in [0.1, 0.15) is 5.75 Å². The van der Waals surface area contributed by atoms with Gasteiger partial charge in [0.05, 0.1) is 5.56 Å². The highest BCUT2D eigenvalue weighted by Gasteiger charge is 2.27. The number of ether oxygens (including phenoxy) is 1. The first-order chi connectivity index (χ1) is 9.75. The van der Waals surface area contributed by atoms with Gasteiger partial charge in [0.2, 0.25) is 0 Å². The van der Waals surface area contributed by atoms with Crippen LogP contribution in [0.2, 0.25) is 0 Å². The number of hydrogen-bond acceptors (Lipinski definition) is 3. The minimum absolute atomic E-state index is 0.0786. The van der Waals surface area contributed by atoms with Gasteiger partial charge in [-0.15, -0.1) is 0 Å². The highest BCUT2D eigenvalue weighted by Crippen LogP contribution is 2.20. The van der Waals surface area contributed by atoms with Gasteiger partial charge in [-0.2, -0.15) is 0 Å². The predicted octanol–water partition coefficient (Wildman–Crippen LogP) is 2.20. The lowest BCUT2D eigenvalue weighted by atomic mass is 10.1. The molecule has 1 atom stereocenters. The zero-order valence-corrected chi connectivity index (χ0v) is 13.3. The van der Waals surface area contributed by atoms with Crippen molar-refractivity contribution < 1.29 is 14.3 Å². The molecule has 0 fully saturated rings. The lowest BCUT2D eigenvalue weighted by Crippen LogP contribution is -2.48. The summed E-state index contributed by atoms with van der Waals surface area (Å²) < 4.78 is 5.66. The molecule has 0 heterocycles. The van der Waals surface area contributed by atoms with E-state index in [-0.39, 0.29) is 23.6 Å². The normalized spacial score (nSPS) is 12.3. The van der Waals surface area contributed by atoms with Crippen LogP contribution in [0.4, 0.5) is 0 Å². The number of carbonyl (C=O) groups is 2. The first-order valence-corrected chi connectivity index (χ1v) is 7.13. The second kappa shape index (κ2) is 7.11. The molecule has 21 heavy (non-hydrogen) atoms. The van der Waals surface area contributed by atoms with Crippen LogP contribution in [0.5, 0.6) is 5.75 Å². The van der Waals surface area contributed by atoms with E-state index in [4.69, 9.17) is 10.5 Å². The van der Waals surface area contributed by atoms with Crippen molar-refractivity contribution >= 4 is 11.8 Å². The molecule has 5 nitrogen and oxygen atoms in total. The van der Waals surface area contributed by atoms with E-state index < -0.39 is 12.0 Å². The number of para-hydroxylation sites is 1. The van der Waals surface area contributed by atoms with E-state index in [1.165, 1.54) is 0 Å². The van der Waals surface area contributed by atoms with Crippen molar-refractivity contribution in [3.63, 3.8) is 0 Å². The number of nitrogens with two attached hydrogens (primary N) is 1. The number of primary amides is 1. The third kappa shape index (κ3) is 4.21.